The molecule has 0 atom stereocenters. The molecule has 0 N–H and O–H groups in total. The van der Waals surface area contributed by atoms with Gasteiger partial charge in [0.15, 0.2) is 0 Å². The first-order valence-corrected chi connectivity index (χ1v) is 13.9. The van der Waals surface area contributed by atoms with E-state index in [1.54, 1.807) is 0 Å². The molecule has 4 rings (SSSR count). The van der Waals surface area contributed by atoms with E-state index in [1.807, 2.05) is 4.90 Å². The molecule has 32 heavy (non-hydrogen) atoms. The molecule has 1 aromatic rings. The molecular weight excluding hydrogens is 426 g/mol. The van der Waals surface area contributed by atoms with Crippen LogP contribution in [0.25, 0.3) is 0 Å². The van der Waals surface area contributed by atoms with Crippen LogP contribution in [-0.4, -0.2) is 87.0 Å². The zero-order valence-corrected chi connectivity index (χ0v) is 20.2. The summed E-state index contributed by atoms with van der Waals surface area (Å²) in [5.41, 5.74) is 1.16. The topological polar surface area (TPSA) is 70.2 Å². The number of hydrogen-bond acceptors (Lipinski definition) is 6. The summed E-state index contributed by atoms with van der Waals surface area (Å²) >= 11 is 0. The van der Waals surface area contributed by atoms with Crippen LogP contribution in [0.4, 0.5) is 5.69 Å². The maximum Gasteiger partial charge on any atom is 0.225 e. The van der Waals surface area contributed by atoms with Gasteiger partial charge in [-0.05, 0) is 63.8 Å². The van der Waals surface area contributed by atoms with Gasteiger partial charge >= 0.3 is 0 Å². The average molecular weight is 464 g/mol. The molecule has 7 nitrogen and oxygen atoms in total. The molecule has 8 heteroatoms. The van der Waals surface area contributed by atoms with E-state index in [0.717, 1.165) is 50.5 Å². The summed E-state index contributed by atoms with van der Waals surface area (Å²) in [7, 11) is -2.94. The van der Waals surface area contributed by atoms with Gasteiger partial charge in [-0.1, -0.05) is 0 Å². The zero-order chi connectivity index (χ0) is 22.7. The Bertz CT molecular complexity index is 857. The highest BCUT2D eigenvalue weighted by Gasteiger charge is 2.32. The van der Waals surface area contributed by atoms with E-state index in [1.165, 1.54) is 0 Å². The predicted molar refractivity (Wildman–Crippen MR) is 127 cm³/mol. The van der Waals surface area contributed by atoms with Crippen molar-refractivity contribution in [2.24, 2.45) is 5.92 Å². The summed E-state index contributed by atoms with van der Waals surface area (Å²) in [5, 5.41) is 0. The Morgan fingerprint density at radius 2 is 1.50 bits per heavy atom. The molecule has 1 amide bonds. The van der Waals surface area contributed by atoms with Gasteiger partial charge in [-0.15, -0.1) is 0 Å². The number of piperidine rings is 1. The van der Waals surface area contributed by atoms with Crippen molar-refractivity contribution in [1.29, 1.82) is 0 Å². The minimum Gasteiger partial charge on any atom is -0.490 e. The van der Waals surface area contributed by atoms with Crippen LogP contribution in [0.5, 0.6) is 5.75 Å². The molecule has 0 aliphatic carbocycles. The number of likely N-dealkylation sites (tertiary alicyclic amines) is 1. The van der Waals surface area contributed by atoms with E-state index >= 15 is 0 Å². The third kappa shape index (κ3) is 5.76. The second kappa shape index (κ2) is 10.00. The van der Waals surface area contributed by atoms with Gasteiger partial charge in [0, 0.05) is 56.9 Å². The number of piperazine rings is 1. The van der Waals surface area contributed by atoms with Crippen LogP contribution < -0.4 is 9.64 Å². The molecule has 1 aromatic carbocycles. The normalized spacial score (nSPS) is 23.5. The van der Waals surface area contributed by atoms with Crippen molar-refractivity contribution in [3.05, 3.63) is 24.3 Å². The van der Waals surface area contributed by atoms with Crippen molar-refractivity contribution >= 4 is 21.4 Å². The fourth-order valence-electron chi connectivity index (χ4n) is 5.02. The lowest BCUT2D eigenvalue weighted by Gasteiger charge is -2.38. The Morgan fingerprint density at radius 1 is 0.906 bits per heavy atom. The van der Waals surface area contributed by atoms with Crippen molar-refractivity contribution < 1.29 is 17.9 Å². The molecule has 3 saturated heterocycles. The summed E-state index contributed by atoms with van der Waals surface area (Å²) in [6.45, 7) is 9.66. The summed E-state index contributed by atoms with van der Waals surface area (Å²) < 4.78 is 29.5. The first-order chi connectivity index (χ1) is 15.3. The standard InChI is InChI=1S/C24H37N3O4S/c1-19(2)25-11-7-23(8-12-25)31-22-5-3-21(4-6-22)26-13-15-27(16-14-26)24(28)20-9-17-32(29,30)18-10-20/h3-6,19-20,23H,7-18H2,1-2H3. The summed E-state index contributed by atoms with van der Waals surface area (Å²) in [6, 6.07) is 8.95. The van der Waals surface area contributed by atoms with E-state index in [-0.39, 0.29) is 23.3 Å². The zero-order valence-electron chi connectivity index (χ0n) is 19.4. The van der Waals surface area contributed by atoms with E-state index in [2.05, 4.69) is 47.9 Å². The third-order valence-electron chi connectivity index (χ3n) is 7.21. The van der Waals surface area contributed by atoms with Crippen LogP contribution in [-0.2, 0) is 14.6 Å². The molecule has 3 heterocycles. The minimum atomic E-state index is -2.94. The smallest absolute Gasteiger partial charge is 0.225 e. The average Bonchev–Trinajstić information content (AvgIpc) is 2.80. The Morgan fingerprint density at radius 3 is 2.06 bits per heavy atom. The van der Waals surface area contributed by atoms with Crippen molar-refractivity contribution in [2.45, 2.75) is 51.7 Å². The van der Waals surface area contributed by atoms with Crippen molar-refractivity contribution in [1.82, 2.24) is 9.80 Å². The molecule has 178 valence electrons. The van der Waals surface area contributed by atoms with Gasteiger partial charge in [-0.3, -0.25) is 4.79 Å². The van der Waals surface area contributed by atoms with Crippen molar-refractivity contribution in [3.63, 3.8) is 0 Å². The molecule has 0 saturated carbocycles. The number of carbonyl (C=O) groups excluding carboxylic acids is 1. The fourth-order valence-corrected chi connectivity index (χ4v) is 6.51. The number of carbonyl (C=O) groups is 1. The number of amides is 1. The molecule has 3 aliphatic heterocycles. The quantitative estimate of drug-likeness (QED) is 0.668. The Balaban J connectivity index is 1.23. The lowest BCUT2D eigenvalue weighted by atomic mass is 10.0. The molecule has 0 radical (unpaired) electrons. The number of benzene rings is 1. The number of rotatable bonds is 5. The minimum absolute atomic E-state index is 0.131. The Labute approximate surface area is 192 Å². The SMILES string of the molecule is CC(C)N1CCC(Oc2ccc(N3CCN(C(=O)C4CCS(=O)(=O)CC4)CC3)cc2)CC1. The van der Waals surface area contributed by atoms with Gasteiger partial charge in [0.2, 0.25) is 5.91 Å². The van der Waals surface area contributed by atoms with Gasteiger partial charge in [-0.2, -0.15) is 0 Å². The number of anilines is 1. The van der Waals surface area contributed by atoms with Gasteiger partial charge in [0.05, 0.1) is 11.5 Å². The first kappa shape index (κ1) is 23.4. The first-order valence-electron chi connectivity index (χ1n) is 12.1. The number of nitrogens with zero attached hydrogens (tertiary/aromatic N) is 3. The van der Waals surface area contributed by atoms with E-state index < -0.39 is 9.84 Å². The molecule has 3 aliphatic rings. The lowest BCUT2D eigenvalue weighted by Crippen LogP contribution is -2.51. The molecule has 0 spiro atoms. The molecule has 0 unspecified atom stereocenters. The lowest BCUT2D eigenvalue weighted by molar-refractivity contribution is -0.136. The third-order valence-corrected chi connectivity index (χ3v) is 8.92. The molecule has 0 bridgehead atoms. The van der Waals surface area contributed by atoms with Crippen LogP contribution in [0, 0.1) is 5.92 Å². The van der Waals surface area contributed by atoms with E-state index in [4.69, 9.17) is 4.74 Å². The monoisotopic (exact) mass is 463 g/mol. The van der Waals surface area contributed by atoms with Crippen LogP contribution in [0.15, 0.2) is 24.3 Å². The number of ether oxygens (including phenoxy) is 1. The summed E-state index contributed by atoms with van der Waals surface area (Å²) in [4.78, 5) is 19.5. The van der Waals surface area contributed by atoms with Crippen molar-refractivity contribution in [3.8, 4) is 5.75 Å². The highest BCUT2D eigenvalue weighted by Crippen LogP contribution is 2.26. The van der Waals surface area contributed by atoms with Gasteiger partial charge < -0.3 is 19.4 Å². The highest BCUT2D eigenvalue weighted by atomic mass is 32.2. The Hall–Kier alpha value is -1.80. The second-order valence-corrected chi connectivity index (χ2v) is 12.0. The second-order valence-electron chi connectivity index (χ2n) is 9.68. The van der Waals surface area contributed by atoms with E-state index in [9.17, 15) is 13.2 Å². The Kier molecular flexibility index (Phi) is 7.30. The van der Waals surface area contributed by atoms with Crippen molar-refractivity contribution in [2.75, 3.05) is 55.7 Å². The predicted octanol–water partition coefficient (Wildman–Crippen LogP) is 2.41. The summed E-state index contributed by atoms with van der Waals surface area (Å²) in [5.74, 6) is 1.22. The molecule has 0 aromatic heterocycles. The maximum absolute atomic E-state index is 12.8. The van der Waals surface area contributed by atoms with Crippen LogP contribution in [0.2, 0.25) is 0 Å². The van der Waals surface area contributed by atoms with Crippen LogP contribution in [0.3, 0.4) is 0 Å². The summed E-state index contributed by atoms with van der Waals surface area (Å²) in [6.07, 6.45) is 3.38. The number of hydrogen-bond donors (Lipinski definition) is 0. The van der Waals surface area contributed by atoms with Crippen LogP contribution in [0.1, 0.15) is 39.5 Å². The number of sulfone groups is 1. The van der Waals surface area contributed by atoms with Gasteiger partial charge in [0.25, 0.3) is 0 Å². The maximum atomic E-state index is 12.8. The highest BCUT2D eigenvalue weighted by molar-refractivity contribution is 7.91. The fraction of sp³-hybridized carbons (Fsp3) is 0.708. The molecular formula is C24H37N3O4S. The molecule has 3 fully saturated rings. The van der Waals surface area contributed by atoms with Crippen LogP contribution >= 0.6 is 0 Å². The van der Waals surface area contributed by atoms with Gasteiger partial charge in [-0.25, -0.2) is 8.42 Å². The van der Waals surface area contributed by atoms with Gasteiger partial charge in [0.1, 0.15) is 21.7 Å². The van der Waals surface area contributed by atoms with E-state index in [0.29, 0.717) is 38.1 Å². The largest absolute Gasteiger partial charge is 0.490 e.